The van der Waals surface area contributed by atoms with Crippen LogP contribution in [0.25, 0.3) is 0 Å². The van der Waals surface area contributed by atoms with E-state index in [1.54, 1.807) is 6.92 Å². The molecule has 1 aliphatic rings. The summed E-state index contributed by atoms with van der Waals surface area (Å²) in [5.74, 6) is -0.806. The highest BCUT2D eigenvalue weighted by molar-refractivity contribution is 5.97. The van der Waals surface area contributed by atoms with Gasteiger partial charge in [-0.15, -0.1) is 0 Å². The molecule has 1 saturated heterocycles. The van der Waals surface area contributed by atoms with Gasteiger partial charge < -0.3 is 10.2 Å². The van der Waals surface area contributed by atoms with Crippen molar-refractivity contribution in [3.63, 3.8) is 0 Å². The minimum atomic E-state index is -0.486. The normalized spacial score (nSPS) is 13.9. The molecule has 2 heterocycles. The summed E-state index contributed by atoms with van der Waals surface area (Å²) in [4.78, 5) is 44.0. The fourth-order valence-corrected chi connectivity index (χ4v) is 2.52. The lowest BCUT2D eigenvalue weighted by molar-refractivity contribution is -0.384. The van der Waals surface area contributed by atoms with Crippen molar-refractivity contribution in [2.45, 2.75) is 6.92 Å². The number of amides is 2. The van der Waals surface area contributed by atoms with Crippen LogP contribution in [0.5, 0.6) is 0 Å². The molecule has 128 valence electrons. The fourth-order valence-electron chi connectivity index (χ4n) is 2.52. The van der Waals surface area contributed by atoms with Crippen molar-refractivity contribution in [3.8, 4) is 0 Å². The van der Waals surface area contributed by atoms with E-state index in [0.717, 1.165) is 0 Å². The molecule has 1 aromatic carbocycles. The molecule has 0 radical (unpaired) electrons. The minimum absolute atomic E-state index is 0.0279. The van der Waals surface area contributed by atoms with E-state index in [9.17, 15) is 19.7 Å². The third-order valence-electron chi connectivity index (χ3n) is 4.00. The van der Waals surface area contributed by atoms with Gasteiger partial charge in [-0.05, 0) is 18.6 Å². The lowest BCUT2D eigenvalue weighted by atomic mass is 9.98. The molecule has 0 bridgehead atoms. The van der Waals surface area contributed by atoms with Gasteiger partial charge in [-0.2, -0.15) is 0 Å². The Morgan fingerprint density at radius 3 is 2.68 bits per heavy atom. The number of anilines is 1. The number of hydrogen-bond acceptors (Lipinski definition) is 6. The molecular formula is C16H15N5O4. The number of non-ortho nitro benzene ring substituents is 1. The van der Waals surface area contributed by atoms with Gasteiger partial charge in [-0.3, -0.25) is 24.7 Å². The summed E-state index contributed by atoms with van der Waals surface area (Å²) in [7, 11) is 0. The molecule has 2 aromatic rings. The minimum Gasteiger partial charge on any atom is -0.336 e. The van der Waals surface area contributed by atoms with Crippen LogP contribution in [0.1, 0.15) is 16.1 Å². The van der Waals surface area contributed by atoms with Crippen molar-refractivity contribution in [3.05, 3.63) is 58.2 Å². The molecule has 25 heavy (non-hydrogen) atoms. The summed E-state index contributed by atoms with van der Waals surface area (Å²) in [5, 5.41) is 13.5. The van der Waals surface area contributed by atoms with Gasteiger partial charge in [0.05, 0.1) is 17.0 Å². The monoisotopic (exact) mass is 341 g/mol. The van der Waals surface area contributed by atoms with Crippen molar-refractivity contribution in [2.75, 3.05) is 18.4 Å². The van der Waals surface area contributed by atoms with Gasteiger partial charge in [0.2, 0.25) is 5.91 Å². The van der Waals surface area contributed by atoms with E-state index in [0.29, 0.717) is 24.3 Å². The Labute approximate surface area is 142 Å². The van der Waals surface area contributed by atoms with Crippen LogP contribution in [0.15, 0.2) is 36.8 Å². The third-order valence-corrected chi connectivity index (χ3v) is 4.00. The average molecular weight is 341 g/mol. The molecule has 0 spiro atoms. The number of carbonyl (C=O) groups excluding carboxylic acids is 2. The maximum absolute atomic E-state index is 12.3. The van der Waals surface area contributed by atoms with Crippen LogP contribution in [0.4, 0.5) is 11.4 Å². The van der Waals surface area contributed by atoms with Gasteiger partial charge in [0, 0.05) is 43.3 Å². The molecule has 2 amide bonds. The molecule has 1 N–H and O–H groups in total. The summed E-state index contributed by atoms with van der Waals surface area (Å²) in [6.45, 7) is 2.29. The maximum atomic E-state index is 12.3. The molecule has 9 nitrogen and oxygen atoms in total. The highest BCUT2D eigenvalue weighted by atomic mass is 16.6. The third kappa shape index (κ3) is 3.44. The van der Waals surface area contributed by atoms with Crippen molar-refractivity contribution in [1.29, 1.82) is 0 Å². The van der Waals surface area contributed by atoms with E-state index in [1.165, 1.54) is 41.7 Å². The van der Waals surface area contributed by atoms with E-state index >= 15 is 0 Å². The lowest BCUT2D eigenvalue weighted by Gasteiger charge is -2.37. The van der Waals surface area contributed by atoms with Crippen LogP contribution in [-0.2, 0) is 4.79 Å². The molecule has 1 aliphatic heterocycles. The fraction of sp³-hybridized carbons (Fsp3) is 0.250. The number of benzene rings is 1. The molecule has 0 atom stereocenters. The summed E-state index contributed by atoms with van der Waals surface area (Å²) in [6.07, 6.45) is 4.31. The molecule has 0 unspecified atom stereocenters. The molecule has 3 rings (SSSR count). The Bertz CT molecular complexity index is 834. The van der Waals surface area contributed by atoms with Crippen molar-refractivity contribution in [2.24, 2.45) is 5.92 Å². The maximum Gasteiger partial charge on any atom is 0.274 e. The number of likely N-dealkylation sites (tertiary alicyclic amines) is 1. The Morgan fingerprint density at radius 1 is 1.32 bits per heavy atom. The first kappa shape index (κ1) is 16.5. The number of hydrogen-bond donors (Lipinski definition) is 1. The Kier molecular flexibility index (Phi) is 4.38. The molecule has 0 aliphatic carbocycles. The Hall–Kier alpha value is -3.36. The van der Waals surface area contributed by atoms with E-state index in [4.69, 9.17) is 0 Å². The number of rotatable bonds is 4. The zero-order valence-electron chi connectivity index (χ0n) is 13.4. The van der Waals surface area contributed by atoms with Gasteiger partial charge >= 0.3 is 0 Å². The highest BCUT2D eigenvalue weighted by Crippen LogP contribution is 2.24. The number of nitrogens with zero attached hydrogens (tertiary/aromatic N) is 4. The molecule has 9 heteroatoms. The predicted molar refractivity (Wildman–Crippen MR) is 87.9 cm³/mol. The first-order valence-electron chi connectivity index (χ1n) is 7.57. The zero-order valence-corrected chi connectivity index (χ0v) is 13.4. The molecular weight excluding hydrogens is 326 g/mol. The number of nitro groups is 1. The molecule has 1 aromatic heterocycles. The first-order valence-corrected chi connectivity index (χ1v) is 7.57. The summed E-state index contributed by atoms with van der Waals surface area (Å²) in [6, 6.07) is 4.25. The highest BCUT2D eigenvalue weighted by Gasteiger charge is 2.36. The summed E-state index contributed by atoms with van der Waals surface area (Å²) >= 11 is 0. The quantitative estimate of drug-likeness (QED) is 0.663. The van der Waals surface area contributed by atoms with Crippen LogP contribution in [0.2, 0.25) is 0 Å². The first-order chi connectivity index (χ1) is 12.0. The van der Waals surface area contributed by atoms with Crippen LogP contribution in [0.3, 0.4) is 0 Å². The van der Waals surface area contributed by atoms with Gasteiger partial charge in [0.1, 0.15) is 5.69 Å². The van der Waals surface area contributed by atoms with Crippen LogP contribution in [0, 0.1) is 23.0 Å². The van der Waals surface area contributed by atoms with Crippen molar-refractivity contribution in [1.82, 2.24) is 14.9 Å². The lowest BCUT2D eigenvalue weighted by Crippen LogP contribution is -2.54. The standard InChI is InChI=1S/C16H15N5O4/c1-10-6-12(21(24)25)2-3-13(10)19-15(22)11-8-20(9-11)16(23)14-7-17-4-5-18-14/h2-7,11H,8-9H2,1H3,(H,19,22). The van der Waals surface area contributed by atoms with E-state index in [2.05, 4.69) is 15.3 Å². The van der Waals surface area contributed by atoms with Crippen molar-refractivity contribution < 1.29 is 14.5 Å². The van der Waals surface area contributed by atoms with Crippen molar-refractivity contribution >= 4 is 23.2 Å². The molecule has 0 saturated carbocycles. The van der Waals surface area contributed by atoms with Gasteiger partial charge in [0.15, 0.2) is 0 Å². The number of nitrogens with one attached hydrogen (secondary N) is 1. The van der Waals surface area contributed by atoms with Crippen LogP contribution in [-0.4, -0.2) is 44.7 Å². The Morgan fingerprint density at radius 2 is 2.08 bits per heavy atom. The van der Waals surface area contributed by atoms with Gasteiger partial charge in [0.25, 0.3) is 11.6 Å². The summed E-state index contributed by atoms with van der Waals surface area (Å²) < 4.78 is 0. The topological polar surface area (TPSA) is 118 Å². The smallest absolute Gasteiger partial charge is 0.274 e. The molecule has 1 fully saturated rings. The second kappa shape index (κ2) is 6.63. The second-order valence-electron chi connectivity index (χ2n) is 5.74. The second-order valence-corrected chi connectivity index (χ2v) is 5.74. The zero-order chi connectivity index (χ0) is 18.0. The van der Waals surface area contributed by atoms with E-state index in [1.807, 2.05) is 0 Å². The van der Waals surface area contributed by atoms with Crippen LogP contribution < -0.4 is 5.32 Å². The number of carbonyl (C=O) groups is 2. The number of aryl methyl sites for hydroxylation is 1. The predicted octanol–water partition coefficient (Wildman–Crippen LogP) is 1.40. The number of aromatic nitrogens is 2. The SMILES string of the molecule is Cc1cc([N+](=O)[O-])ccc1NC(=O)C1CN(C(=O)c2cnccn2)C1. The number of nitro benzene ring substituents is 1. The van der Waals surface area contributed by atoms with E-state index in [-0.39, 0.29) is 29.1 Å². The largest absolute Gasteiger partial charge is 0.336 e. The Balaban J connectivity index is 1.58. The summed E-state index contributed by atoms with van der Waals surface area (Å²) in [5.41, 5.74) is 1.34. The van der Waals surface area contributed by atoms with Gasteiger partial charge in [-0.1, -0.05) is 0 Å². The van der Waals surface area contributed by atoms with Crippen LogP contribution >= 0.6 is 0 Å². The van der Waals surface area contributed by atoms with Gasteiger partial charge in [-0.25, -0.2) is 4.98 Å². The average Bonchev–Trinajstić information content (AvgIpc) is 2.56. The van der Waals surface area contributed by atoms with E-state index < -0.39 is 4.92 Å².